The number of ether oxygens (including phenoxy) is 1. The predicted molar refractivity (Wildman–Crippen MR) is 85.3 cm³/mol. The molecular formula is C17H32N2O2. The lowest BCUT2D eigenvalue weighted by atomic mass is 9.78. The minimum Gasteiger partial charge on any atom is -0.465 e. The molecule has 1 saturated heterocycles. The molecule has 1 aliphatic carbocycles. The summed E-state index contributed by atoms with van der Waals surface area (Å²) < 4.78 is 5.34. The molecule has 122 valence electrons. The molecule has 0 bridgehead atoms. The number of hydrogen-bond donors (Lipinski definition) is 1. The maximum atomic E-state index is 12.4. The lowest BCUT2D eigenvalue weighted by Gasteiger charge is -2.43. The SMILES string of the molecule is CCOC(=O)C1(NC)CCCC(N2CCCCCCC2)C1. The fourth-order valence-corrected chi connectivity index (χ4v) is 3.98. The molecule has 1 aliphatic heterocycles. The molecule has 0 aromatic carbocycles. The van der Waals surface area contributed by atoms with Crippen LogP contribution in [-0.4, -0.2) is 49.2 Å². The van der Waals surface area contributed by atoms with Crippen molar-refractivity contribution in [3.05, 3.63) is 0 Å². The Hall–Kier alpha value is -0.610. The minimum atomic E-state index is -0.457. The van der Waals surface area contributed by atoms with Crippen LogP contribution in [0.4, 0.5) is 0 Å². The number of likely N-dealkylation sites (N-methyl/N-ethyl adjacent to an activating group) is 1. The van der Waals surface area contributed by atoms with Crippen LogP contribution >= 0.6 is 0 Å². The summed E-state index contributed by atoms with van der Waals surface area (Å²) in [4.78, 5) is 15.0. The van der Waals surface area contributed by atoms with Gasteiger partial charge in [-0.1, -0.05) is 19.3 Å². The quantitative estimate of drug-likeness (QED) is 0.810. The second kappa shape index (κ2) is 8.14. The molecule has 2 atom stereocenters. The van der Waals surface area contributed by atoms with Crippen molar-refractivity contribution in [3.63, 3.8) is 0 Å². The maximum Gasteiger partial charge on any atom is 0.326 e. The molecule has 0 aromatic rings. The van der Waals surface area contributed by atoms with Gasteiger partial charge in [-0.05, 0) is 65.6 Å². The highest BCUT2D eigenvalue weighted by atomic mass is 16.5. The number of nitrogens with zero attached hydrogens (tertiary/aromatic N) is 1. The van der Waals surface area contributed by atoms with E-state index in [0.29, 0.717) is 12.6 Å². The molecule has 1 saturated carbocycles. The fraction of sp³-hybridized carbons (Fsp3) is 0.941. The molecule has 2 unspecified atom stereocenters. The zero-order valence-corrected chi connectivity index (χ0v) is 13.8. The monoisotopic (exact) mass is 296 g/mol. The van der Waals surface area contributed by atoms with Crippen molar-refractivity contribution in [2.75, 3.05) is 26.7 Å². The van der Waals surface area contributed by atoms with Crippen molar-refractivity contribution in [1.29, 1.82) is 0 Å². The molecule has 0 radical (unpaired) electrons. The summed E-state index contributed by atoms with van der Waals surface area (Å²) in [6.07, 6.45) is 10.9. The lowest BCUT2D eigenvalue weighted by Crippen LogP contribution is -2.58. The van der Waals surface area contributed by atoms with Crippen LogP contribution in [0, 0.1) is 0 Å². The first kappa shape index (κ1) is 16.8. The predicted octanol–water partition coefficient (Wildman–Crippen LogP) is 2.72. The van der Waals surface area contributed by atoms with Crippen LogP contribution in [0.15, 0.2) is 0 Å². The molecule has 4 nitrogen and oxygen atoms in total. The van der Waals surface area contributed by atoms with Gasteiger partial charge in [0.25, 0.3) is 0 Å². The zero-order chi connectivity index (χ0) is 15.1. The van der Waals surface area contributed by atoms with Crippen molar-refractivity contribution in [3.8, 4) is 0 Å². The third kappa shape index (κ3) is 4.19. The molecule has 2 aliphatic rings. The smallest absolute Gasteiger partial charge is 0.326 e. The summed E-state index contributed by atoms with van der Waals surface area (Å²) in [6, 6.07) is 0.536. The van der Waals surface area contributed by atoms with Crippen LogP contribution < -0.4 is 5.32 Å². The van der Waals surface area contributed by atoms with E-state index in [1.807, 2.05) is 14.0 Å². The van der Waals surface area contributed by atoms with Crippen molar-refractivity contribution in [1.82, 2.24) is 10.2 Å². The summed E-state index contributed by atoms with van der Waals surface area (Å²) in [7, 11) is 1.91. The second-order valence-electron chi connectivity index (χ2n) is 6.61. The number of hydrogen-bond acceptors (Lipinski definition) is 4. The first-order chi connectivity index (χ1) is 10.2. The van der Waals surface area contributed by atoms with Gasteiger partial charge < -0.3 is 15.0 Å². The van der Waals surface area contributed by atoms with Crippen LogP contribution in [0.5, 0.6) is 0 Å². The number of likely N-dealkylation sites (tertiary alicyclic amines) is 1. The summed E-state index contributed by atoms with van der Waals surface area (Å²) in [5.41, 5.74) is -0.457. The Morgan fingerprint density at radius 2 is 1.86 bits per heavy atom. The average molecular weight is 296 g/mol. The second-order valence-corrected chi connectivity index (χ2v) is 6.61. The highest BCUT2D eigenvalue weighted by molar-refractivity contribution is 5.81. The number of carbonyl (C=O) groups is 1. The Kier molecular flexibility index (Phi) is 6.49. The molecular weight excluding hydrogens is 264 g/mol. The van der Waals surface area contributed by atoms with Gasteiger partial charge in [0.1, 0.15) is 5.54 Å². The van der Waals surface area contributed by atoms with E-state index in [1.54, 1.807) is 0 Å². The van der Waals surface area contributed by atoms with Gasteiger partial charge in [-0.3, -0.25) is 4.79 Å². The standard InChI is InChI=1S/C17H32N2O2/c1-3-21-16(20)17(18-2)11-9-10-15(14-17)19-12-7-5-4-6-8-13-19/h15,18H,3-14H2,1-2H3. The first-order valence-corrected chi connectivity index (χ1v) is 8.82. The topological polar surface area (TPSA) is 41.6 Å². The largest absolute Gasteiger partial charge is 0.465 e. The molecule has 4 heteroatoms. The van der Waals surface area contributed by atoms with Crippen molar-refractivity contribution in [2.45, 2.75) is 76.3 Å². The lowest BCUT2D eigenvalue weighted by molar-refractivity contribution is -0.153. The van der Waals surface area contributed by atoms with Crippen LogP contribution in [0.3, 0.4) is 0 Å². The third-order valence-corrected chi connectivity index (χ3v) is 5.28. The molecule has 0 aromatic heterocycles. The molecule has 0 amide bonds. The van der Waals surface area contributed by atoms with Gasteiger partial charge in [-0.25, -0.2) is 0 Å². The zero-order valence-electron chi connectivity index (χ0n) is 13.8. The number of esters is 1. The van der Waals surface area contributed by atoms with E-state index in [4.69, 9.17) is 4.74 Å². The Morgan fingerprint density at radius 3 is 2.48 bits per heavy atom. The van der Waals surface area contributed by atoms with Crippen molar-refractivity contribution in [2.24, 2.45) is 0 Å². The van der Waals surface area contributed by atoms with Gasteiger partial charge in [-0.2, -0.15) is 0 Å². The fourth-order valence-electron chi connectivity index (χ4n) is 3.98. The number of rotatable bonds is 4. The molecule has 2 fully saturated rings. The number of nitrogens with one attached hydrogen (secondary N) is 1. The van der Waals surface area contributed by atoms with Gasteiger partial charge in [0, 0.05) is 6.04 Å². The third-order valence-electron chi connectivity index (χ3n) is 5.28. The van der Waals surface area contributed by atoms with Crippen molar-refractivity contribution >= 4 is 5.97 Å². The van der Waals surface area contributed by atoms with Crippen LogP contribution in [-0.2, 0) is 9.53 Å². The maximum absolute atomic E-state index is 12.4. The van der Waals surface area contributed by atoms with E-state index in [0.717, 1.165) is 19.3 Å². The van der Waals surface area contributed by atoms with Gasteiger partial charge in [0.2, 0.25) is 0 Å². The molecule has 1 N–H and O–H groups in total. The van der Waals surface area contributed by atoms with E-state index in [9.17, 15) is 4.79 Å². The molecule has 1 heterocycles. The highest BCUT2D eigenvalue weighted by Crippen LogP contribution is 2.33. The van der Waals surface area contributed by atoms with Crippen molar-refractivity contribution < 1.29 is 9.53 Å². The van der Waals surface area contributed by atoms with E-state index in [-0.39, 0.29) is 5.97 Å². The molecule has 0 spiro atoms. The van der Waals surface area contributed by atoms with E-state index < -0.39 is 5.54 Å². The molecule has 21 heavy (non-hydrogen) atoms. The Labute approximate surface area is 129 Å². The molecule has 2 rings (SSSR count). The summed E-state index contributed by atoms with van der Waals surface area (Å²) in [5.74, 6) is -0.0516. The summed E-state index contributed by atoms with van der Waals surface area (Å²) >= 11 is 0. The van der Waals surface area contributed by atoms with Crippen LogP contribution in [0.1, 0.15) is 64.7 Å². The first-order valence-electron chi connectivity index (χ1n) is 8.82. The van der Waals surface area contributed by atoms with Crippen LogP contribution in [0.25, 0.3) is 0 Å². The van der Waals surface area contributed by atoms with E-state index >= 15 is 0 Å². The number of carbonyl (C=O) groups excluding carboxylic acids is 1. The van der Waals surface area contributed by atoms with Crippen LogP contribution in [0.2, 0.25) is 0 Å². The summed E-state index contributed by atoms with van der Waals surface area (Å²) in [5, 5.41) is 3.30. The average Bonchev–Trinajstić information content (AvgIpc) is 2.47. The van der Waals surface area contributed by atoms with Gasteiger partial charge in [-0.15, -0.1) is 0 Å². The van der Waals surface area contributed by atoms with Gasteiger partial charge in [0.15, 0.2) is 0 Å². The van der Waals surface area contributed by atoms with Gasteiger partial charge in [0.05, 0.1) is 6.61 Å². The Bertz CT molecular complexity index is 327. The normalized spacial score (nSPS) is 32.2. The van der Waals surface area contributed by atoms with E-state index in [1.165, 1.54) is 51.6 Å². The van der Waals surface area contributed by atoms with Gasteiger partial charge >= 0.3 is 5.97 Å². The summed E-state index contributed by atoms with van der Waals surface area (Å²) in [6.45, 7) is 4.76. The highest BCUT2D eigenvalue weighted by Gasteiger charge is 2.44. The Balaban J connectivity index is 2.01. The Morgan fingerprint density at radius 1 is 1.19 bits per heavy atom. The van der Waals surface area contributed by atoms with E-state index in [2.05, 4.69) is 10.2 Å². The minimum absolute atomic E-state index is 0.0516.